The summed E-state index contributed by atoms with van der Waals surface area (Å²) in [6.45, 7) is 2.15. The van der Waals surface area contributed by atoms with Gasteiger partial charge in [0.05, 0.1) is 0 Å². The topological polar surface area (TPSA) is 61.0 Å². The molecule has 2 N–H and O–H groups in total. The molecule has 3 rings (SSSR count). The van der Waals surface area contributed by atoms with Crippen LogP contribution in [0.25, 0.3) is 0 Å². The van der Waals surface area contributed by atoms with Crippen LogP contribution in [-0.2, 0) is 19.5 Å². The molecule has 0 radical (unpaired) electrons. The van der Waals surface area contributed by atoms with E-state index in [1.165, 1.54) is 0 Å². The normalized spacial score (nSPS) is 13.2. The first-order chi connectivity index (χ1) is 10.1. The first-order valence-electron chi connectivity index (χ1n) is 6.92. The summed E-state index contributed by atoms with van der Waals surface area (Å²) >= 11 is 5.87. The first kappa shape index (κ1) is 16.8. The van der Waals surface area contributed by atoms with Crippen molar-refractivity contribution in [1.29, 1.82) is 0 Å². The van der Waals surface area contributed by atoms with Crippen LogP contribution >= 0.6 is 24.0 Å². The Hall–Kier alpha value is -1.56. The molecule has 1 aliphatic heterocycles. The zero-order chi connectivity index (χ0) is 14.8. The van der Waals surface area contributed by atoms with Gasteiger partial charge in [-0.3, -0.25) is 9.89 Å². The lowest BCUT2D eigenvalue weighted by Gasteiger charge is -2.18. The van der Waals surface area contributed by atoms with Gasteiger partial charge in [-0.05, 0) is 17.7 Å². The van der Waals surface area contributed by atoms with Crippen LogP contribution < -0.4 is 5.32 Å². The average Bonchev–Trinajstić information content (AvgIpc) is 2.92. The molecule has 118 valence electrons. The minimum Gasteiger partial charge on any atom is -0.336 e. The molecule has 0 atom stereocenters. The molecule has 1 amide bonds. The highest BCUT2D eigenvalue weighted by molar-refractivity contribution is 6.30. The minimum atomic E-state index is -0.0637. The number of nitrogens with zero attached hydrogens (tertiary/aromatic N) is 2. The highest BCUT2D eigenvalue weighted by Gasteiger charge is 2.23. The number of halogens is 2. The predicted octanol–water partition coefficient (Wildman–Crippen LogP) is 2.40. The Balaban J connectivity index is 0.00000176. The van der Waals surface area contributed by atoms with Crippen molar-refractivity contribution in [2.24, 2.45) is 0 Å². The zero-order valence-electron chi connectivity index (χ0n) is 12.2. The molecule has 0 unspecified atom stereocenters. The molecule has 0 spiro atoms. The van der Waals surface area contributed by atoms with Crippen molar-refractivity contribution >= 4 is 29.9 Å². The van der Waals surface area contributed by atoms with E-state index in [9.17, 15) is 4.79 Å². The smallest absolute Gasteiger partial charge is 0.274 e. The quantitative estimate of drug-likeness (QED) is 0.901. The molecule has 1 aromatic heterocycles. The van der Waals surface area contributed by atoms with E-state index in [1.807, 2.05) is 24.3 Å². The van der Waals surface area contributed by atoms with Gasteiger partial charge >= 0.3 is 0 Å². The Bertz CT molecular complexity index is 654. The third kappa shape index (κ3) is 3.43. The van der Waals surface area contributed by atoms with Gasteiger partial charge < -0.3 is 10.2 Å². The van der Waals surface area contributed by atoms with E-state index in [0.29, 0.717) is 23.8 Å². The van der Waals surface area contributed by atoms with Gasteiger partial charge in [0.15, 0.2) is 5.69 Å². The Labute approximate surface area is 140 Å². The van der Waals surface area contributed by atoms with Gasteiger partial charge in [0.25, 0.3) is 5.91 Å². The number of hydrogen-bond acceptors (Lipinski definition) is 3. The second-order valence-corrected chi connectivity index (χ2v) is 5.68. The highest BCUT2D eigenvalue weighted by Crippen LogP contribution is 2.18. The van der Waals surface area contributed by atoms with Gasteiger partial charge in [-0.2, -0.15) is 5.10 Å². The third-order valence-corrected chi connectivity index (χ3v) is 3.94. The Morgan fingerprint density at radius 3 is 2.82 bits per heavy atom. The molecule has 5 nitrogen and oxygen atoms in total. The van der Waals surface area contributed by atoms with Crippen molar-refractivity contribution in [3.05, 3.63) is 51.8 Å². The van der Waals surface area contributed by atoms with Crippen LogP contribution in [0.3, 0.4) is 0 Å². The number of amides is 1. The maximum Gasteiger partial charge on any atom is 0.274 e. The molecule has 0 saturated heterocycles. The SMILES string of the molecule is CN(Cc1ccc(Cl)cc1)C(=O)c1n[nH]c2c1CNCC2.Cl. The van der Waals surface area contributed by atoms with Crippen LogP contribution in [0.2, 0.25) is 5.02 Å². The standard InChI is InChI=1S/C15H17ClN4O.ClH/c1-20(9-10-2-4-11(16)5-3-10)15(21)14-12-8-17-7-6-13(12)18-19-14;/h2-5,17H,6-9H2,1H3,(H,18,19);1H. The lowest BCUT2D eigenvalue weighted by Crippen LogP contribution is -2.29. The molecule has 2 heterocycles. The second-order valence-electron chi connectivity index (χ2n) is 5.24. The van der Waals surface area contributed by atoms with Crippen molar-refractivity contribution in [3.63, 3.8) is 0 Å². The largest absolute Gasteiger partial charge is 0.336 e. The second kappa shape index (κ2) is 7.13. The van der Waals surface area contributed by atoms with Gasteiger partial charge in [-0.25, -0.2) is 0 Å². The van der Waals surface area contributed by atoms with E-state index >= 15 is 0 Å². The fourth-order valence-electron chi connectivity index (χ4n) is 2.52. The summed E-state index contributed by atoms with van der Waals surface area (Å²) < 4.78 is 0. The van der Waals surface area contributed by atoms with E-state index in [1.54, 1.807) is 11.9 Å². The fraction of sp³-hybridized carbons (Fsp3) is 0.333. The van der Waals surface area contributed by atoms with Crippen LogP contribution in [0, 0.1) is 0 Å². The fourth-order valence-corrected chi connectivity index (χ4v) is 2.64. The molecule has 2 aromatic rings. The molecule has 0 saturated carbocycles. The maximum atomic E-state index is 12.5. The predicted molar refractivity (Wildman–Crippen MR) is 88.5 cm³/mol. The van der Waals surface area contributed by atoms with Crippen LogP contribution in [0.1, 0.15) is 27.3 Å². The van der Waals surface area contributed by atoms with Crippen LogP contribution in [0.5, 0.6) is 0 Å². The number of hydrogen-bond donors (Lipinski definition) is 2. The molecule has 22 heavy (non-hydrogen) atoms. The summed E-state index contributed by atoms with van der Waals surface area (Å²) in [5, 5.41) is 11.1. The molecule has 0 bridgehead atoms. The lowest BCUT2D eigenvalue weighted by molar-refractivity contribution is 0.0778. The van der Waals surface area contributed by atoms with E-state index in [2.05, 4.69) is 15.5 Å². The summed E-state index contributed by atoms with van der Waals surface area (Å²) in [6, 6.07) is 7.51. The summed E-state index contributed by atoms with van der Waals surface area (Å²) in [5.74, 6) is -0.0637. The van der Waals surface area contributed by atoms with Crippen LogP contribution in [-0.4, -0.2) is 34.6 Å². The summed E-state index contributed by atoms with van der Waals surface area (Å²) in [5.41, 5.74) is 3.62. The first-order valence-corrected chi connectivity index (χ1v) is 7.29. The molecular weight excluding hydrogens is 323 g/mol. The number of nitrogens with one attached hydrogen (secondary N) is 2. The number of aromatic amines is 1. The highest BCUT2D eigenvalue weighted by atomic mass is 35.5. The Kier molecular flexibility index (Phi) is 5.45. The summed E-state index contributed by atoms with van der Waals surface area (Å²) in [6.07, 6.45) is 0.885. The minimum absolute atomic E-state index is 0. The number of rotatable bonds is 3. The van der Waals surface area contributed by atoms with Gasteiger partial charge in [0.2, 0.25) is 0 Å². The van der Waals surface area contributed by atoms with Gasteiger partial charge in [0, 0.05) is 49.4 Å². The number of fused-ring (bicyclic) bond motifs is 1. The van der Waals surface area contributed by atoms with Crippen LogP contribution in [0.15, 0.2) is 24.3 Å². The van der Waals surface area contributed by atoms with Gasteiger partial charge in [-0.1, -0.05) is 23.7 Å². The van der Waals surface area contributed by atoms with E-state index < -0.39 is 0 Å². The van der Waals surface area contributed by atoms with E-state index in [-0.39, 0.29) is 18.3 Å². The molecule has 1 aromatic carbocycles. The zero-order valence-corrected chi connectivity index (χ0v) is 13.8. The number of carbonyl (C=O) groups is 1. The molecule has 0 aliphatic carbocycles. The third-order valence-electron chi connectivity index (χ3n) is 3.69. The van der Waals surface area contributed by atoms with Crippen molar-refractivity contribution in [3.8, 4) is 0 Å². The number of aromatic nitrogens is 2. The van der Waals surface area contributed by atoms with E-state index in [0.717, 1.165) is 29.8 Å². The number of carbonyl (C=O) groups excluding carboxylic acids is 1. The van der Waals surface area contributed by atoms with Gasteiger partial charge in [0.1, 0.15) is 0 Å². The van der Waals surface area contributed by atoms with E-state index in [4.69, 9.17) is 11.6 Å². The van der Waals surface area contributed by atoms with Crippen LogP contribution in [0.4, 0.5) is 0 Å². The monoisotopic (exact) mass is 340 g/mol. The summed E-state index contributed by atoms with van der Waals surface area (Å²) in [7, 11) is 1.79. The molecule has 7 heteroatoms. The average molecular weight is 341 g/mol. The van der Waals surface area contributed by atoms with Crippen molar-refractivity contribution in [2.75, 3.05) is 13.6 Å². The van der Waals surface area contributed by atoms with Crippen molar-refractivity contribution in [2.45, 2.75) is 19.5 Å². The number of H-pyrrole nitrogens is 1. The Morgan fingerprint density at radius 2 is 2.09 bits per heavy atom. The lowest BCUT2D eigenvalue weighted by atomic mass is 10.1. The molecule has 0 fully saturated rings. The molecule has 1 aliphatic rings. The molecular formula is C15H18Cl2N4O. The van der Waals surface area contributed by atoms with Crippen molar-refractivity contribution in [1.82, 2.24) is 20.4 Å². The Morgan fingerprint density at radius 1 is 1.36 bits per heavy atom. The maximum absolute atomic E-state index is 12.5. The van der Waals surface area contributed by atoms with Crippen molar-refractivity contribution < 1.29 is 4.79 Å². The summed E-state index contributed by atoms with van der Waals surface area (Å²) in [4.78, 5) is 14.2. The number of benzene rings is 1. The van der Waals surface area contributed by atoms with Gasteiger partial charge in [-0.15, -0.1) is 12.4 Å².